The maximum Gasteiger partial charge on any atom is 0.0426 e. The minimum atomic E-state index is -0.145. The largest absolute Gasteiger partial charge is 0.372 e. The molecule has 0 bridgehead atoms. The van der Waals surface area contributed by atoms with Crippen molar-refractivity contribution in [2.45, 2.75) is 0 Å². The van der Waals surface area contributed by atoms with Crippen molar-refractivity contribution in [3.63, 3.8) is 0 Å². The standard InChI is InChI=1S/C14H11OP/c15-16-14-7-3-6-12-11-5-2-1-4-10(11)8-9-13(12)14/h1-9,15-16H. The van der Waals surface area contributed by atoms with Gasteiger partial charge in [0.15, 0.2) is 0 Å². The van der Waals surface area contributed by atoms with Gasteiger partial charge in [0.1, 0.15) is 0 Å². The molecule has 0 fully saturated rings. The fourth-order valence-electron chi connectivity index (χ4n) is 2.14. The van der Waals surface area contributed by atoms with Crippen molar-refractivity contribution in [1.29, 1.82) is 0 Å². The fraction of sp³-hybridized carbons (Fsp3) is 0. The molecule has 1 nitrogen and oxygen atoms in total. The SMILES string of the molecule is OPc1cccc2c1ccc1ccccc12. The van der Waals surface area contributed by atoms with Crippen LogP contribution in [-0.4, -0.2) is 4.89 Å². The van der Waals surface area contributed by atoms with Gasteiger partial charge in [0.05, 0.1) is 0 Å². The second-order valence-corrected chi connectivity index (χ2v) is 4.56. The van der Waals surface area contributed by atoms with E-state index in [1.165, 1.54) is 16.2 Å². The Labute approximate surface area is 95.6 Å². The minimum absolute atomic E-state index is 0.145. The molecular formula is C14H11OP. The van der Waals surface area contributed by atoms with Gasteiger partial charge < -0.3 is 4.89 Å². The van der Waals surface area contributed by atoms with Crippen LogP contribution in [0.4, 0.5) is 0 Å². The Hall–Kier alpha value is -1.43. The van der Waals surface area contributed by atoms with E-state index in [-0.39, 0.29) is 8.81 Å². The van der Waals surface area contributed by atoms with Crippen molar-refractivity contribution in [1.82, 2.24) is 0 Å². The van der Waals surface area contributed by atoms with Gasteiger partial charge in [-0.25, -0.2) is 0 Å². The third kappa shape index (κ3) is 1.41. The number of benzene rings is 3. The molecule has 0 saturated heterocycles. The summed E-state index contributed by atoms with van der Waals surface area (Å²) < 4.78 is 0. The molecule has 78 valence electrons. The Balaban J connectivity index is 2.52. The summed E-state index contributed by atoms with van der Waals surface area (Å²) in [6.07, 6.45) is 0. The summed E-state index contributed by atoms with van der Waals surface area (Å²) in [5.41, 5.74) is 0. The van der Waals surface area contributed by atoms with Crippen LogP contribution in [0.2, 0.25) is 0 Å². The van der Waals surface area contributed by atoms with E-state index in [0.717, 1.165) is 10.7 Å². The van der Waals surface area contributed by atoms with E-state index in [1.807, 2.05) is 18.2 Å². The quantitative estimate of drug-likeness (QED) is 0.499. The second-order valence-electron chi connectivity index (χ2n) is 3.80. The average Bonchev–Trinajstić information content (AvgIpc) is 2.37. The number of hydrogen-bond acceptors (Lipinski definition) is 1. The minimum Gasteiger partial charge on any atom is -0.372 e. The number of rotatable bonds is 1. The molecule has 16 heavy (non-hydrogen) atoms. The van der Waals surface area contributed by atoms with Crippen molar-refractivity contribution < 1.29 is 4.89 Å². The predicted molar refractivity (Wildman–Crippen MR) is 71.6 cm³/mol. The van der Waals surface area contributed by atoms with E-state index >= 15 is 0 Å². The Morgan fingerprint density at radius 1 is 0.688 bits per heavy atom. The zero-order valence-corrected chi connectivity index (χ0v) is 9.64. The lowest BCUT2D eigenvalue weighted by atomic mass is 10.0. The summed E-state index contributed by atoms with van der Waals surface area (Å²) in [5, 5.41) is 5.89. The maximum atomic E-state index is 9.34. The van der Waals surface area contributed by atoms with E-state index in [0.29, 0.717) is 0 Å². The second kappa shape index (κ2) is 3.86. The number of fused-ring (bicyclic) bond motifs is 3. The van der Waals surface area contributed by atoms with Crippen molar-refractivity contribution >= 4 is 35.7 Å². The van der Waals surface area contributed by atoms with Crippen LogP contribution < -0.4 is 5.30 Å². The zero-order valence-electron chi connectivity index (χ0n) is 8.64. The molecule has 1 unspecified atom stereocenters. The smallest absolute Gasteiger partial charge is 0.0426 e. The summed E-state index contributed by atoms with van der Waals surface area (Å²) in [6.45, 7) is 0. The lowest BCUT2D eigenvalue weighted by molar-refractivity contribution is 0.655. The average molecular weight is 226 g/mol. The van der Waals surface area contributed by atoms with E-state index in [4.69, 9.17) is 0 Å². The molecule has 0 amide bonds. The molecule has 0 radical (unpaired) electrons. The van der Waals surface area contributed by atoms with Crippen LogP contribution in [0.5, 0.6) is 0 Å². The summed E-state index contributed by atoms with van der Waals surface area (Å²) in [5.74, 6) is 0. The first kappa shape index (κ1) is 9.77. The lowest BCUT2D eigenvalue weighted by Crippen LogP contribution is -1.95. The molecule has 3 rings (SSSR count). The highest BCUT2D eigenvalue weighted by Gasteiger charge is 2.03. The van der Waals surface area contributed by atoms with Crippen LogP contribution in [0.3, 0.4) is 0 Å². The molecule has 0 aliphatic heterocycles. The normalized spacial score (nSPS) is 11.8. The molecule has 3 aromatic carbocycles. The van der Waals surface area contributed by atoms with Crippen LogP contribution in [0.25, 0.3) is 21.5 Å². The van der Waals surface area contributed by atoms with Crippen molar-refractivity contribution in [2.24, 2.45) is 0 Å². The van der Waals surface area contributed by atoms with E-state index < -0.39 is 0 Å². The first-order chi connectivity index (χ1) is 7.90. The Morgan fingerprint density at radius 2 is 1.50 bits per heavy atom. The molecule has 0 aliphatic carbocycles. The summed E-state index contributed by atoms with van der Waals surface area (Å²) in [4.78, 5) is 9.34. The van der Waals surface area contributed by atoms with Gasteiger partial charge in [-0.3, -0.25) is 0 Å². The topological polar surface area (TPSA) is 20.2 Å². The van der Waals surface area contributed by atoms with E-state index in [1.54, 1.807) is 0 Å². The summed E-state index contributed by atoms with van der Waals surface area (Å²) in [6, 6.07) is 18.6. The van der Waals surface area contributed by atoms with Crippen LogP contribution in [0, 0.1) is 0 Å². The molecule has 0 heterocycles. The third-order valence-corrected chi connectivity index (χ3v) is 3.58. The van der Waals surface area contributed by atoms with Gasteiger partial charge in [0, 0.05) is 14.1 Å². The van der Waals surface area contributed by atoms with E-state index in [9.17, 15) is 4.89 Å². The first-order valence-corrected chi connectivity index (χ1v) is 6.15. The van der Waals surface area contributed by atoms with Crippen molar-refractivity contribution in [2.75, 3.05) is 0 Å². The Morgan fingerprint density at radius 3 is 2.38 bits per heavy atom. The summed E-state index contributed by atoms with van der Waals surface area (Å²) in [7, 11) is -0.145. The van der Waals surface area contributed by atoms with E-state index in [2.05, 4.69) is 36.4 Å². The molecule has 0 aromatic heterocycles. The zero-order chi connectivity index (χ0) is 11.0. The molecule has 0 saturated carbocycles. The van der Waals surface area contributed by atoms with Gasteiger partial charge in [-0.1, -0.05) is 54.6 Å². The van der Waals surface area contributed by atoms with Crippen LogP contribution in [-0.2, 0) is 0 Å². The molecule has 0 spiro atoms. The van der Waals surface area contributed by atoms with Gasteiger partial charge in [-0.2, -0.15) is 0 Å². The highest BCUT2D eigenvalue weighted by molar-refractivity contribution is 7.41. The van der Waals surface area contributed by atoms with Gasteiger partial charge in [0.2, 0.25) is 0 Å². The highest BCUT2D eigenvalue weighted by atomic mass is 31.1. The number of hydrogen-bond donors (Lipinski definition) is 1. The van der Waals surface area contributed by atoms with Gasteiger partial charge in [-0.15, -0.1) is 0 Å². The molecule has 0 aliphatic rings. The maximum absolute atomic E-state index is 9.34. The van der Waals surface area contributed by atoms with Crippen molar-refractivity contribution in [3.05, 3.63) is 54.6 Å². The summed E-state index contributed by atoms with van der Waals surface area (Å²) >= 11 is 0. The van der Waals surface area contributed by atoms with Crippen LogP contribution >= 0.6 is 8.81 Å². The fourth-order valence-corrected chi connectivity index (χ4v) is 2.65. The molecular weight excluding hydrogens is 215 g/mol. The monoisotopic (exact) mass is 226 g/mol. The first-order valence-electron chi connectivity index (χ1n) is 5.21. The molecule has 2 heteroatoms. The predicted octanol–water partition coefficient (Wildman–Crippen LogP) is 3.20. The third-order valence-electron chi connectivity index (χ3n) is 2.91. The van der Waals surface area contributed by atoms with Gasteiger partial charge in [0.25, 0.3) is 0 Å². The van der Waals surface area contributed by atoms with Crippen molar-refractivity contribution in [3.8, 4) is 0 Å². The van der Waals surface area contributed by atoms with Gasteiger partial charge in [-0.05, 0) is 21.5 Å². The highest BCUT2D eigenvalue weighted by Crippen LogP contribution is 2.26. The molecule has 1 N–H and O–H groups in total. The molecule has 1 atom stereocenters. The van der Waals surface area contributed by atoms with Crippen LogP contribution in [0.1, 0.15) is 0 Å². The Kier molecular flexibility index (Phi) is 2.36. The van der Waals surface area contributed by atoms with Gasteiger partial charge >= 0.3 is 0 Å². The molecule has 3 aromatic rings. The lowest BCUT2D eigenvalue weighted by Gasteiger charge is -2.06. The Bertz CT molecular complexity index is 661. The van der Waals surface area contributed by atoms with Crippen LogP contribution in [0.15, 0.2) is 54.6 Å².